The number of hydrogen-bond donors (Lipinski definition) is 1. The van der Waals surface area contributed by atoms with E-state index in [0.717, 1.165) is 9.37 Å². The number of fused-ring (bicyclic) bond motifs is 1. The molecule has 2 aromatic carbocycles. The molecule has 0 saturated carbocycles. The van der Waals surface area contributed by atoms with Crippen LogP contribution < -0.4 is 14.8 Å². The van der Waals surface area contributed by atoms with Gasteiger partial charge in [-0.05, 0) is 37.3 Å². The lowest BCUT2D eigenvalue weighted by atomic mass is 10.1. The van der Waals surface area contributed by atoms with Crippen molar-refractivity contribution >= 4 is 45.1 Å². The first-order valence-electron chi connectivity index (χ1n) is 7.16. The molecule has 0 radical (unpaired) electrons. The molecule has 0 bridgehead atoms. The quantitative estimate of drug-likeness (QED) is 0.596. The molecule has 0 aliphatic carbocycles. The highest BCUT2D eigenvalue weighted by atomic mass is 79.9. The van der Waals surface area contributed by atoms with Crippen molar-refractivity contribution in [3.63, 3.8) is 0 Å². The van der Waals surface area contributed by atoms with Gasteiger partial charge in [0.2, 0.25) is 12.7 Å². The second kappa shape index (κ2) is 7.27. The van der Waals surface area contributed by atoms with E-state index in [-0.39, 0.29) is 24.2 Å². The minimum Gasteiger partial charge on any atom is -0.454 e. The van der Waals surface area contributed by atoms with Crippen molar-refractivity contribution in [2.45, 2.75) is 11.8 Å². The van der Waals surface area contributed by atoms with E-state index in [1.54, 1.807) is 12.1 Å². The molecular weight excluding hydrogens is 394 g/mol. The maximum Gasteiger partial charge on any atom is 0.234 e. The van der Waals surface area contributed by atoms with E-state index < -0.39 is 0 Å². The van der Waals surface area contributed by atoms with Gasteiger partial charge in [0.1, 0.15) is 0 Å². The van der Waals surface area contributed by atoms with Crippen LogP contribution in [0.1, 0.15) is 17.3 Å². The molecule has 0 spiro atoms. The van der Waals surface area contributed by atoms with Crippen LogP contribution in [0.15, 0.2) is 45.8 Å². The molecule has 1 aliphatic rings. The number of hydrogen-bond acceptors (Lipinski definition) is 5. The van der Waals surface area contributed by atoms with Crippen LogP contribution in [0.3, 0.4) is 0 Å². The molecule has 0 aromatic heterocycles. The van der Waals surface area contributed by atoms with Crippen molar-refractivity contribution in [3.8, 4) is 11.5 Å². The Bertz CT molecular complexity index is 792. The zero-order valence-corrected chi connectivity index (χ0v) is 15.2. The predicted octanol–water partition coefficient (Wildman–Crippen LogP) is 4.11. The van der Waals surface area contributed by atoms with E-state index in [0.29, 0.717) is 22.7 Å². The van der Waals surface area contributed by atoms with Gasteiger partial charge >= 0.3 is 0 Å². The van der Waals surface area contributed by atoms with Crippen LogP contribution in [0.25, 0.3) is 0 Å². The van der Waals surface area contributed by atoms with E-state index in [4.69, 9.17) is 9.47 Å². The summed E-state index contributed by atoms with van der Waals surface area (Å²) in [6, 6.07) is 10.9. The van der Waals surface area contributed by atoms with Crippen LogP contribution in [0.5, 0.6) is 11.5 Å². The number of nitrogens with one attached hydrogen (secondary N) is 1. The van der Waals surface area contributed by atoms with Gasteiger partial charge in [0.15, 0.2) is 17.3 Å². The van der Waals surface area contributed by atoms with Crippen molar-refractivity contribution in [2.75, 3.05) is 17.9 Å². The number of halogens is 1. The molecule has 0 atom stereocenters. The fraction of sp³-hybridized carbons (Fsp3) is 0.176. The molecular formula is C17H14BrNO4S. The molecule has 1 amide bonds. The number of ketones is 1. The summed E-state index contributed by atoms with van der Waals surface area (Å²) in [7, 11) is 0. The Morgan fingerprint density at radius 1 is 1.17 bits per heavy atom. The lowest BCUT2D eigenvalue weighted by molar-refractivity contribution is -0.113. The van der Waals surface area contributed by atoms with Crippen molar-refractivity contribution in [3.05, 3.63) is 46.4 Å². The molecule has 1 N–H and O–H groups in total. The number of carbonyl (C=O) groups is 2. The van der Waals surface area contributed by atoms with Crippen molar-refractivity contribution in [2.24, 2.45) is 0 Å². The summed E-state index contributed by atoms with van der Waals surface area (Å²) in [6.45, 7) is 1.56. The Hall–Kier alpha value is -1.99. The highest BCUT2D eigenvalue weighted by molar-refractivity contribution is 9.10. The monoisotopic (exact) mass is 407 g/mol. The number of thioether (sulfide) groups is 1. The van der Waals surface area contributed by atoms with E-state index in [9.17, 15) is 9.59 Å². The van der Waals surface area contributed by atoms with Crippen LogP contribution in [0, 0.1) is 0 Å². The van der Waals surface area contributed by atoms with Gasteiger partial charge in [-0.15, -0.1) is 11.8 Å². The zero-order valence-electron chi connectivity index (χ0n) is 12.8. The third-order valence-electron chi connectivity index (χ3n) is 3.35. The van der Waals surface area contributed by atoms with Gasteiger partial charge in [-0.25, -0.2) is 0 Å². The summed E-state index contributed by atoms with van der Waals surface area (Å²) in [5.74, 6) is 0.944. The van der Waals surface area contributed by atoms with E-state index in [1.165, 1.54) is 18.7 Å². The fourth-order valence-corrected chi connectivity index (χ4v) is 3.17. The SMILES string of the molecule is CC(=O)c1cc2c(cc1NC(=O)CSc1ccc(Br)cc1)OCO2. The fourth-order valence-electron chi connectivity index (χ4n) is 2.20. The van der Waals surface area contributed by atoms with Gasteiger partial charge in [0.25, 0.3) is 0 Å². The second-order valence-corrected chi connectivity index (χ2v) is 7.06. The van der Waals surface area contributed by atoms with Crippen molar-refractivity contribution < 1.29 is 19.1 Å². The van der Waals surface area contributed by atoms with Crippen LogP contribution >= 0.6 is 27.7 Å². The summed E-state index contributed by atoms with van der Waals surface area (Å²) in [5, 5.41) is 2.78. The number of rotatable bonds is 5. The molecule has 7 heteroatoms. The molecule has 0 fully saturated rings. The molecule has 124 valence electrons. The lowest BCUT2D eigenvalue weighted by Gasteiger charge is -2.10. The average Bonchev–Trinajstić information content (AvgIpc) is 3.00. The highest BCUT2D eigenvalue weighted by Gasteiger charge is 2.20. The smallest absolute Gasteiger partial charge is 0.234 e. The predicted molar refractivity (Wildman–Crippen MR) is 96.1 cm³/mol. The number of anilines is 1. The number of benzene rings is 2. The number of Topliss-reactive ketones (excluding diaryl/α,β-unsaturated/α-hetero) is 1. The highest BCUT2D eigenvalue weighted by Crippen LogP contribution is 2.37. The Kier molecular flexibility index (Phi) is 5.11. The second-order valence-electron chi connectivity index (χ2n) is 5.10. The van der Waals surface area contributed by atoms with Crippen LogP contribution in [-0.2, 0) is 4.79 Å². The van der Waals surface area contributed by atoms with Gasteiger partial charge in [-0.2, -0.15) is 0 Å². The summed E-state index contributed by atoms with van der Waals surface area (Å²) >= 11 is 4.80. The van der Waals surface area contributed by atoms with Crippen molar-refractivity contribution in [1.29, 1.82) is 0 Å². The molecule has 24 heavy (non-hydrogen) atoms. The molecule has 5 nitrogen and oxygen atoms in total. The first-order valence-corrected chi connectivity index (χ1v) is 8.93. The number of carbonyl (C=O) groups excluding carboxylic acids is 2. The van der Waals surface area contributed by atoms with Crippen LogP contribution in [-0.4, -0.2) is 24.2 Å². The largest absolute Gasteiger partial charge is 0.454 e. The minimum atomic E-state index is -0.190. The summed E-state index contributed by atoms with van der Waals surface area (Å²) in [5.41, 5.74) is 0.842. The van der Waals surface area contributed by atoms with Crippen LogP contribution in [0.2, 0.25) is 0 Å². The molecule has 0 unspecified atom stereocenters. The average molecular weight is 408 g/mol. The molecule has 0 saturated heterocycles. The van der Waals surface area contributed by atoms with Gasteiger partial charge in [0, 0.05) is 21.0 Å². The van der Waals surface area contributed by atoms with Gasteiger partial charge < -0.3 is 14.8 Å². The normalized spacial score (nSPS) is 12.1. The first kappa shape index (κ1) is 16.9. The topological polar surface area (TPSA) is 64.6 Å². The van der Waals surface area contributed by atoms with Gasteiger partial charge in [-0.1, -0.05) is 15.9 Å². The molecule has 2 aromatic rings. The summed E-state index contributed by atoms with van der Waals surface area (Å²) in [4.78, 5) is 25.0. The van der Waals surface area contributed by atoms with E-state index in [2.05, 4.69) is 21.2 Å². The first-order chi connectivity index (χ1) is 11.5. The maximum absolute atomic E-state index is 12.2. The Morgan fingerprint density at radius 2 is 1.83 bits per heavy atom. The Labute approximate surface area is 151 Å². The van der Waals surface area contributed by atoms with E-state index in [1.807, 2.05) is 24.3 Å². The molecule has 1 aliphatic heterocycles. The summed E-state index contributed by atoms with van der Waals surface area (Å²) in [6.07, 6.45) is 0. The number of amides is 1. The molecule has 3 rings (SSSR count). The Balaban J connectivity index is 1.69. The third kappa shape index (κ3) is 3.91. The maximum atomic E-state index is 12.2. The van der Waals surface area contributed by atoms with Gasteiger partial charge in [-0.3, -0.25) is 9.59 Å². The summed E-state index contributed by atoms with van der Waals surface area (Å²) < 4.78 is 11.6. The molecule has 1 heterocycles. The van der Waals surface area contributed by atoms with Gasteiger partial charge in [0.05, 0.1) is 11.4 Å². The zero-order chi connectivity index (χ0) is 17.1. The standard InChI is InChI=1S/C17H14BrNO4S/c1-10(20)13-6-15-16(23-9-22-15)7-14(13)19-17(21)8-24-12-4-2-11(18)3-5-12/h2-7H,8-9H2,1H3,(H,19,21). The number of ether oxygens (including phenoxy) is 2. The van der Waals surface area contributed by atoms with Crippen LogP contribution in [0.4, 0.5) is 5.69 Å². The van der Waals surface area contributed by atoms with E-state index >= 15 is 0 Å². The third-order valence-corrected chi connectivity index (χ3v) is 4.89. The minimum absolute atomic E-state index is 0.115. The Morgan fingerprint density at radius 3 is 2.50 bits per heavy atom. The van der Waals surface area contributed by atoms with Crippen molar-refractivity contribution in [1.82, 2.24) is 0 Å². The lowest BCUT2D eigenvalue weighted by Crippen LogP contribution is -2.16.